The molecule has 0 radical (unpaired) electrons. The number of rotatable bonds is 4. The second-order valence-corrected chi connectivity index (χ2v) is 8.92. The van der Waals surface area contributed by atoms with Gasteiger partial charge < -0.3 is 9.80 Å². The molecule has 0 N–H and O–H groups in total. The number of amides is 2. The van der Waals surface area contributed by atoms with Gasteiger partial charge in [0.15, 0.2) is 0 Å². The largest absolute Gasteiger partial charge is 0.336 e. The molecule has 4 nitrogen and oxygen atoms in total. The van der Waals surface area contributed by atoms with Crippen LogP contribution >= 0.6 is 11.6 Å². The van der Waals surface area contributed by atoms with Crippen molar-refractivity contribution in [3.05, 3.63) is 34.6 Å². The zero-order chi connectivity index (χ0) is 19.3. The lowest BCUT2D eigenvalue weighted by molar-refractivity contribution is -0.138. The molecule has 3 atom stereocenters. The molecule has 1 aromatic carbocycles. The summed E-state index contributed by atoms with van der Waals surface area (Å²) in [5.74, 6) is 1.11. The summed E-state index contributed by atoms with van der Waals surface area (Å²) < 4.78 is 13.7. The average Bonchev–Trinajstić information content (AvgIpc) is 3.55. The molecule has 1 aliphatic heterocycles. The number of hydrogen-bond donors (Lipinski definition) is 0. The fourth-order valence-electron chi connectivity index (χ4n) is 4.44. The van der Waals surface area contributed by atoms with E-state index in [1.165, 1.54) is 12.1 Å². The predicted molar refractivity (Wildman–Crippen MR) is 102 cm³/mol. The summed E-state index contributed by atoms with van der Waals surface area (Å²) in [5, 5.41) is -0.123. The van der Waals surface area contributed by atoms with E-state index in [0.29, 0.717) is 37.4 Å². The van der Waals surface area contributed by atoms with E-state index >= 15 is 0 Å². The maximum absolute atomic E-state index is 13.7. The van der Waals surface area contributed by atoms with Crippen LogP contribution in [0.5, 0.6) is 0 Å². The van der Waals surface area contributed by atoms with Crippen LogP contribution in [0.1, 0.15) is 43.5 Å². The number of nitrogens with zero attached hydrogens (tertiary/aromatic N) is 2. The molecule has 1 saturated heterocycles. The summed E-state index contributed by atoms with van der Waals surface area (Å²) in [6.45, 7) is 5.89. The molecule has 3 fully saturated rings. The molecule has 3 aliphatic rings. The molecule has 2 saturated carbocycles. The molecule has 2 aliphatic carbocycles. The van der Waals surface area contributed by atoms with E-state index in [-0.39, 0.29) is 34.4 Å². The third-order valence-corrected chi connectivity index (χ3v) is 6.73. The number of hydrogen-bond acceptors (Lipinski definition) is 2. The Labute approximate surface area is 164 Å². The first-order chi connectivity index (χ1) is 12.9. The van der Waals surface area contributed by atoms with E-state index in [9.17, 15) is 14.0 Å². The number of benzene rings is 1. The quantitative estimate of drug-likeness (QED) is 0.781. The lowest BCUT2D eigenvalue weighted by Gasteiger charge is -2.42. The molecule has 1 unspecified atom stereocenters. The summed E-state index contributed by atoms with van der Waals surface area (Å²) in [4.78, 5) is 29.7. The van der Waals surface area contributed by atoms with Gasteiger partial charge in [-0.3, -0.25) is 9.59 Å². The first-order valence-electron chi connectivity index (χ1n) is 9.92. The van der Waals surface area contributed by atoms with E-state index < -0.39 is 5.82 Å². The van der Waals surface area contributed by atoms with Gasteiger partial charge in [0.2, 0.25) is 5.91 Å². The smallest absolute Gasteiger partial charge is 0.255 e. The molecule has 1 aromatic rings. The summed E-state index contributed by atoms with van der Waals surface area (Å²) in [5.41, 5.74) is 0.202. The standard InChI is InChI=1S/C21H26ClFN2O2/c1-12(2)15-10-16(15)21(27)25-9-8-24(11-18(25)13-6-7-13)20(26)14-4-3-5-17(23)19(14)22/h3-5,12-13,15-16,18H,6-11H2,1-2H3/t15-,16+,18?/m0/s1. The minimum Gasteiger partial charge on any atom is -0.336 e. The Balaban J connectivity index is 1.48. The molecule has 0 aromatic heterocycles. The van der Waals surface area contributed by atoms with Crippen molar-refractivity contribution in [2.75, 3.05) is 19.6 Å². The highest BCUT2D eigenvalue weighted by Gasteiger charge is 2.50. The van der Waals surface area contributed by atoms with Crippen molar-refractivity contribution in [2.45, 2.75) is 39.2 Å². The van der Waals surface area contributed by atoms with Crippen LogP contribution in [0.2, 0.25) is 5.02 Å². The van der Waals surface area contributed by atoms with Crippen LogP contribution < -0.4 is 0 Å². The van der Waals surface area contributed by atoms with Crippen molar-refractivity contribution < 1.29 is 14.0 Å². The van der Waals surface area contributed by atoms with Gasteiger partial charge in [0.1, 0.15) is 5.82 Å². The molecule has 1 heterocycles. The molecule has 0 spiro atoms. The van der Waals surface area contributed by atoms with E-state index in [1.807, 2.05) is 4.90 Å². The van der Waals surface area contributed by atoms with Gasteiger partial charge in [-0.15, -0.1) is 0 Å². The number of piperazine rings is 1. The Kier molecular flexibility index (Phi) is 4.91. The third kappa shape index (κ3) is 3.58. The van der Waals surface area contributed by atoms with Crippen molar-refractivity contribution in [3.8, 4) is 0 Å². The maximum atomic E-state index is 13.7. The lowest BCUT2D eigenvalue weighted by atomic mass is 10.0. The summed E-state index contributed by atoms with van der Waals surface area (Å²) in [6.07, 6.45) is 3.21. The molecule has 27 heavy (non-hydrogen) atoms. The first-order valence-corrected chi connectivity index (χ1v) is 10.3. The van der Waals surface area contributed by atoms with Crippen LogP contribution in [0.25, 0.3) is 0 Å². The minimum atomic E-state index is -0.580. The van der Waals surface area contributed by atoms with Gasteiger partial charge >= 0.3 is 0 Å². The Morgan fingerprint density at radius 2 is 1.96 bits per heavy atom. The van der Waals surface area contributed by atoms with E-state index in [0.717, 1.165) is 19.3 Å². The number of halogens is 2. The van der Waals surface area contributed by atoms with Crippen molar-refractivity contribution in [3.63, 3.8) is 0 Å². The Morgan fingerprint density at radius 3 is 2.59 bits per heavy atom. The van der Waals surface area contributed by atoms with Gasteiger partial charge in [0.05, 0.1) is 16.6 Å². The summed E-state index contributed by atoms with van der Waals surface area (Å²) >= 11 is 6.01. The highest BCUT2D eigenvalue weighted by Crippen LogP contribution is 2.47. The number of carbonyl (C=O) groups excluding carboxylic acids is 2. The van der Waals surface area contributed by atoms with Gasteiger partial charge in [0.25, 0.3) is 5.91 Å². The second-order valence-electron chi connectivity index (χ2n) is 8.54. The van der Waals surface area contributed by atoms with E-state index in [1.54, 1.807) is 11.0 Å². The third-order valence-electron chi connectivity index (χ3n) is 6.35. The highest BCUT2D eigenvalue weighted by molar-refractivity contribution is 6.34. The van der Waals surface area contributed by atoms with Crippen molar-refractivity contribution in [1.29, 1.82) is 0 Å². The molecule has 146 valence electrons. The Bertz CT molecular complexity index is 765. The van der Waals surface area contributed by atoms with E-state index in [4.69, 9.17) is 11.6 Å². The van der Waals surface area contributed by atoms with Gasteiger partial charge in [0, 0.05) is 25.6 Å². The van der Waals surface area contributed by atoms with Gasteiger partial charge in [-0.25, -0.2) is 4.39 Å². The van der Waals surface area contributed by atoms with Crippen LogP contribution in [0.3, 0.4) is 0 Å². The Morgan fingerprint density at radius 1 is 1.22 bits per heavy atom. The number of carbonyl (C=O) groups is 2. The van der Waals surface area contributed by atoms with E-state index in [2.05, 4.69) is 13.8 Å². The fraction of sp³-hybridized carbons (Fsp3) is 0.619. The van der Waals surface area contributed by atoms with Crippen molar-refractivity contribution in [1.82, 2.24) is 9.80 Å². The SMILES string of the molecule is CC(C)[C@@H]1C[C@H]1C(=O)N1CCN(C(=O)c2cccc(F)c2Cl)CC1C1CC1. The lowest BCUT2D eigenvalue weighted by Crippen LogP contribution is -2.58. The molecule has 4 rings (SSSR count). The van der Waals surface area contributed by atoms with Crippen LogP contribution in [-0.4, -0.2) is 47.3 Å². The summed E-state index contributed by atoms with van der Waals surface area (Å²) in [7, 11) is 0. The molecule has 6 heteroatoms. The van der Waals surface area contributed by atoms with Gasteiger partial charge in [-0.05, 0) is 49.1 Å². The topological polar surface area (TPSA) is 40.6 Å². The van der Waals surface area contributed by atoms with Crippen LogP contribution in [-0.2, 0) is 4.79 Å². The summed E-state index contributed by atoms with van der Waals surface area (Å²) in [6, 6.07) is 4.40. The zero-order valence-electron chi connectivity index (χ0n) is 15.8. The van der Waals surface area contributed by atoms with Gasteiger partial charge in [-0.1, -0.05) is 31.5 Å². The maximum Gasteiger partial charge on any atom is 0.255 e. The molecule has 0 bridgehead atoms. The second kappa shape index (κ2) is 7.08. The molecule has 2 amide bonds. The van der Waals surface area contributed by atoms with Crippen molar-refractivity contribution >= 4 is 23.4 Å². The molecular formula is C21H26ClFN2O2. The Hall–Kier alpha value is -1.62. The monoisotopic (exact) mass is 392 g/mol. The zero-order valence-corrected chi connectivity index (χ0v) is 16.6. The van der Waals surface area contributed by atoms with Crippen molar-refractivity contribution in [2.24, 2.45) is 23.7 Å². The minimum absolute atomic E-state index is 0.0796. The predicted octanol–water partition coefficient (Wildman–Crippen LogP) is 3.83. The highest BCUT2D eigenvalue weighted by atomic mass is 35.5. The fourth-order valence-corrected chi connectivity index (χ4v) is 4.65. The average molecular weight is 393 g/mol. The van der Waals surface area contributed by atoms with Crippen LogP contribution in [0.4, 0.5) is 4.39 Å². The van der Waals surface area contributed by atoms with Crippen LogP contribution in [0.15, 0.2) is 18.2 Å². The molecular weight excluding hydrogens is 367 g/mol. The first kappa shape index (κ1) is 18.7. The normalized spacial score (nSPS) is 27.8. The van der Waals surface area contributed by atoms with Gasteiger partial charge in [-0.2, -0.15) is 0 Å². The van der Waals surface area contributed by atoms with Crippen LogP contribution in [0, 0.1) is 29.5 Å².